The molecule has 0 bridgehead atoms. The van der Waals surface area contributed by atoms with Crippen molar-refractivity contribution in [3.8, 4) is 5.75 Å². The number of aliphatic hydroxyl groups is 1. The van der Waals surface area contributed by atoms with E-state index in [9.17, 15) is 24.3 Å². The third-order valence-corrected chi connectivity index (χ3v) is 8.65. The Morgan fingerprint density at radius 3 is 2.86 bits per heavy atom. The number of fused-ring (bicyclic) bond motifs is 4. The molecule has 37 heavy (non-hydrogen) atoms. The topological polar surface area (TPSA) is 141 Å². The van der Waals surface area contributed by atoms with E-state index >= 15 is 0 Å². The van der Waals surface area contributed by atoms with Gasteiger partial charge >= 0.3 is 0 Å². The highest BCUT2D eigenvalue weighted by molar-refractivity contribution is 6.02. The molecular weight excluding hydrogens is 476 g/mol. The molecule has 0 radical (unpaired) electrons. The molecule has 4 N–H and O–H groups in total. The van der Waals surface area contributed by atoms with Crippen molar-refractivity contribution in [1.29, 1.82) is 0 Å². The maximum absolute atomic E-state index is 13.8. The standard InChI is InChI=1S/C27H32N4O6/c32-13-22(33)20(10-15-6-8-28-25(15)34)30-26(35)23-17-3-1-2-16(17)12-31(23)27(36)21-11-18-19(29-21)5-4-14-7-9-37-24(14)18/h4-5,11,15-17,20,23,29,32H,1-3,6-10,12-13H2,(H,28,34)(H,30,35). The Labute approximate surface area is 214 Å². The predicted molar refractivity (Wildman–Crippen MR) is 133 cm³/mol. The Morgan fingerprint density at radius 2 is 2.08 bits per heavy atom. The molecule has 0 spiro atoms. The van der Waals surface area contributed by atoms with Gasteiger partial charge in [-0.05, 0) is 55.2 Å². The molecule has 1 saturated carbocycles. The summed E-state index contributed by atoms with van der Waals surface area (Å²) in [5, 5.41) is 15.9. The molecule has 4 aliphatic rings. The van der Waals surface area contributed by atoms with Crippen LogP contribution in [0.2, 0.25) is 0 Å². The van der Waals surface area contributed by atoms with Crippen LogP contribution in [-0.2, 0) is 20.8 Å². The monoisotopic (exact) mass is 508 g/mol. The summed E-state index contributed by atoms with van der Waals surface area (Å²) in [4.78, 5) is 56.9. The lowest BCUT2D eigenvalue weighted by Gasteiger charge is -2.29. The molecule has 6 rings (SSSR count). The van der Waals surface area contributed by atoms with Gasteiger partial charge in [-0.3, -0.25) is 19.2 Å². The predicted octanol–water partition coefficient (Wildman–Crippen LogP) is 0.916. The van der Waals surface area contributed by atoms with Crippen molar-refractivity contribution < 1.29 is 29.0 Å². The molecule has 3 aliphatic heterocycles. The number of aliphatic hydroxyl groups excluding tert-OH is 1. The minimum atomic E-state index is -0.975. The lowest BCUT2D eigenvalue weighted by Crippen LogP contribution is -2.53. The number of nitrogens with one attached hydrogen (secondary N) is 3. The summed E-state index contributed by atoms with van der Waals surface area (Å²) < 4.78 is 5.80. The van der Waals surface area contributed by atoms with Crippen LogP contribution in [0.4, 0.5) is 0 Å². The highest BCUT2D eigenvalue weighted by atomic mass is 16.5. The minimum absolute atomic E-state index is 0.0144. The summed E-state index contributed by atoms with van der Waals surface area (Å²) in [5.74, 6) is -0.668. The molecule has 10 nitrogen and oxygen atoms in total. The maximum Gasteiger partial charge on any atom is 0.271 e. The molecule has 4 heterocycles. The third kappa shape index (κ3) is 4.17. The van der Waals surface area contributed by atoms with E-state index in [0.29, 0.717) is 31.8 Å². The van der Waals surface area contributed by atoms with Crippen LogP contribution in [0, 0.1) is 17.8 Å². The van der Waals surface area contributed by atoms with E-state index in [1.54, 1.807) is 4.90 Å². The fraction of sp³-hybridized carbons (Fsp3) is 0.556. The molecule has 3 amide bonds. The number of H-pyrrole nitrogens is 1. The molecule has 1 aromatic heterocycles. The summed E-state index contributed by atoms with van der Waals surface area (Å²) in [6, 6.07) is 4.08. The van der Waals surface area contributed by atoms with Gasteiger partial charge in [0.25, 0.3) is 5.91 Å². The fourth-order valence-corrected chi connectivity index (χ4v) is 6.77. The Morgan fingerprint density at radius 1 is 1.22 bits per heavy atom. The first kappa shape index (κ1) is 24.0. The van der Waals surface area contributed by atoms with Gasteiger partial charge in [0.2, 0.25) is 11.8 Å². The third-order valence-electron chi connectivity index (χ3n) is 8.65. The first-order valence-corrected chi connectivity index (χ1v) is 13.2. The second-order valence-electron chi connectivity index (χ2n) is 10.8. The number of carbonyl (C=O) groups is 4. The van der Waals surface area contributed by atoms with E-state index in [2.05, 4.69) is 15.6 Å². The first-order valence-electron chi connectivity index (χ1n) is 13.2. The van der Waals surface area contributed by atoms with Crippen molar-refractivity contribution in [3.63, 3.8) is 0 Å². The Balaban J connectivity index is 1.26. The number of rotatable bonds is 7. The number of ketones is 1. The number of hydrogen-bond donors (Lipinski definition) is 4. The zero-order valence-corrected chi connectivity index (χ0v) is 20.6. The highest BCUT2D eigenvalue weighted by Crippen LogP contribution is 2.43. The van der Waals surface area contributed by atoms with Crippen LogP contribution in [-0.4, -0.2) is 76.9 Å². The van der Waals surface area contributed by atoms with Gasteiger partial charge in [-0.2, -0.15) is 0 Å². The molecule has 10 heteroatoms. The molecule has 3 fully saturated rings. The summed E-state index contributed by atoms with van der Waals surface area (Å²) in [5.41, 5.74) is 2.34. The van der Waals surface area contributed by atoms with Crippen LogP contribution in [0.3, 0.4) is 0 Å². The Bertz CT molecular complexity index is 1270. The number of aromatic nitrogens is 1. The average Bonchev–Trinajstić information content (AvgIpc) is 3.70. The van der Waals surface area contributed by atoms with Crippen LogP contribution in [0.5, 0.6) is 5.75 Å². The van der Waals surface area contributed by atoms with Gasteiger partial charge in [0, 0.05) is 36.3 Å². The fourth-order valence-electron chi connectivity index (χ4n) is 6.77. The van der Waals surface area contributed by atoms with Crippen molar-refractivity contribution in [2.75, 3.05) is 26.3 Å². The van der Waals surface area contributed by atoms with E-state index in [1.165, 1.54) is 0 Å². The van der Waals surface area contributed by atoms with Gasteiger partial charge in [-0.1, -0.05) is 12.5 Å². The van der Waals surface area contributed by atoms with Gasteiger partial charge in [0.15, 0.2) is 5.78 Å². The molecule has 5 atom stereocenters. The Kier molecular flexibility index (Phi) is 6.14. The second-order valence-corrected chi connectivity index (χ2v) is 10.8. The average molecular weight is 509 g/mol. The lowest BCUT2D eigenvalue weighted by molar-refractivity contribution is -0.133. The second kappa shape index (κ2) is 9.48. The van der Waals surface area contributed by atoms with Crippen LogP contribution < -0.4 is 15.4 Å². The van der Waals surface area contributed by atoms with Crippen LogP contribution in [0.1, 0.15) is 48.2 Å². The molecule has 1 aromatic carbocycles. The van der Waals surface area contributed by atoms with E-state index in [-0.39, 0.29) is 30.1 Å². The van der Waals surface area contributed by atoms with Gasteiger partial charge in [0.1, 0.15) is 24.1 Å². The smallest absolute Gasteiger partial charge is 0.271 e. The van der Waals surface area contributed by atoms with Crippen molar-refractivity contribution >= 4 is 34.4 Å². The molecular formula is C27H32N4O6. The number of benzene rings is 1. The van der Waals surface area contributed by atoms with Gasteiger partial charge in [0.05, 0.1) is 12.6 Å². The van der Waals surface area contributed by atoms with Gasteiger partial charge in [-0.25, -0.2) is 0 Å². The van der Waals surface area contributed by atoms with Crippen molar-refractivity contribution in [1.82, 2.24) is 20.5 Å². The first-order chi connectivity index (χ1) is 17.9. The van der Waals surface area contributed by atoms with Crippen molar-refractivity contribution in [3.05, 3.63) is 29.5 Å². The number of carbonyl (C=O) groups excluding carboxylic acids is 4. The summed E-state index contributed by atoms with van der Waals surface area (Å²) in [6.45, 7) is 0.914. The molecule has 196 valence electrons. The summed E-state index contributed by atoms with van der Waals surface area (Å²) >= 11 is 0. The Hall–Kier alpha value is -3.40. The van der Waals surface area contributed by atoms with Crippen molar-refractivity contribution in [2.45, 2.75) is 50.6 Å². The molecule has 5 unspecified atom stereocenters. The zero-order valence-electron chi connectivity index (χ0n) is 20.6. The normalized spacial score (nSPS) is 27.1. The number of aromatic amines is 1. The largest absolute Gasteiger partial charge is 0.492 e. The molecule has 1 aliphatic carbocycles. The van der Waals surface area contributed by atoms with E-state index in [1.807, 2.05) is 18.2 Å². The van der Waals surface area contributed by atoms with Crippen LogP contribution in [0.15, 0.2) is 18.2 Å². The van der Waals surface area contributed by atoms with Gasteiger partial charge in [-0.15, -0.1) is 0 Å². The van der Waals surface area contributed by atoms with E-state index < -0.39 is 36.3 Å². The quantitative estimate of drug-likeness (QED) is 0.438. The zero-order chi connectivity index (χ0) is 25.7. The number of nitrogens with zero attached hydrogens (tertiary/aromatic N) is 1. The minimum Gasteiger partial charge on any atom is -0.492 e. The van der Waals surface area contributed by atoms with Gasteiger partial charge < -0.3 is 30.4 Å². The number of Topliss-reactive ketones (excluding diaryl/α,β-unsaturated/α-hetero) is 1. The summed E-state index contributed by atoms with van der Waals surface area (Å²) in [7, 11) is 0. The number of hydrogen-bond acceptors (Lipinski definition) is 6. The summed E-state index contributed by atoms with van der Waals surface area (Å²) in [6.07, 6.45) is 4.35. The van der Waals surface area contributed by atoms with E-state index in [4.69, 9.17) is 4.74 Å². The number of likely N-dealkylation sites (tertiary alicyclic amines) is 1. The lowest BCUT2D eigenvalue weighted by atomic mass is 9.92. The van der Waals surface area contributed by atoms with Crippen molar-refractivity contribution in [2.24, 2.45) is 17.8 Å². The molecule has 2 saturated heterocycles. The van der Waals surface area contributed by atoms with Crippen LogP contribution in [0.25, 0.3) is 10.9 Å². The van der Waals surface area contributed by atoms with Crippen LogP contribution >= 0.6 is 0 Å². The number of ether oxygens (including phenoxy) is 1. The SMILES string of the molecule is O=C1NCCC1CC(NC(=O)C1C2CCCC2CN1C(=O)c1cc2c3c(ccc2[nH]1)CCO3)C(=O)CO. The number of amides is 3. The molecule has 2 aromatic rings. The highest BCUT2D eigenvalue weighted by Gasteiger charge is 2.50. The van der Waals surface area contributed by atoms with E-state index in [0.717, 1.165) is 47.9 Å². The maximum atomic E-state index is 13.8.